The number of benzene rings is 1. The lowest BCUT2D eigenvalue weighted by Gasteiger charge is -2.39. The van der Waals surface area contributed by atoms with Crippen molar-refractivity contribution in [3.63, 3.8) is 0 Å². The maximum Gasteiger partial charge on any atom is 0.125 e. The SMILES string of the molecule is CCC(C)N1CCN(c2ccc(F)cc2N)CC1. The number of hydrogen-bond acceptors (Lipinski definition) is 3. The van der Waals surface area contributed by atoms with Gasteiger partial charge in [0.25, 0.3) is 0 Å². The monoisotopic (exact) mass is 251 g/mol. The standard InChI is InChI=1S/C14H22FN3/c1-3-11(2)17-6-8-18(9-7-17)14-5-4-12(15)10-13(14)16/h4-5,10-11H,3,6-9,16H2,1-2H3. The Balaban J connectivity index is 2.01. The molecule has 1 aliphatic rings. The predicted octanol–water partition coefficient (Wildman–Crippen LogP) is 2.33. The van der Waals surface area contributed by atoms with Gasteiger partial charge in [-0.25, -0.2) is 4.39 Å². The molecule has 100 valence electrons. The van der Waals surface area contributed by atoms with Gasteiger partial charge in [-0.1, -0.05) is 6.92 Å². The molecular weight excluding hydrogens is 229 g/mol. The second kappa shape index (κ2) is 5.57. The molecule has 1 fully saturated rings. The number of hydrogen-bond donors (Lipinski definition) is 1. The zero-order valence-corrected chi connectivity index (χ0v) is 11.2. The van der Waals surface area contributed by atoms with Gasteiger partial charge in [-0.15, -0.1) is 0 Å². The molecule has 0 aliphatic carbocycles. The molecule has 0 radical (unpaired) electrons. The van der Waals surface area contributed by atoms with E-state index in [9.17, 15) is 4.39 Å². The molecule has 1 aromatic carbocycles. The molecular formula is C14H22FN3. The first kappa shape index (κ1) is 13.1. The van der Waals surface area contributed by atoms with E-state index in [1.165, 1.54) is 18.6 Å². The fraction of sp³-hybridized carbons (Fsp3) is 0.571. The summed E-state index contributed by atoms with van der Waals surface area (Å²) in [5.41, 5.74) is 7.37. The highest BCUT2D eigenvalue weighted by Gasteiger charge is 2.21. The van der Waals surface area contributed by atoms with Crippen molar-refractivity contribution in [3.8, 4) is 0 Å². The van der Waals surface area contributed by atoms with E-state index in [0.29, 0.717) is 11.7 Å². The number of piperazine rings is 1. The molecule has 1 saturated heterocycles. The van der Waals surface area contributed by atoms with Crippen LogP contribution in [-0.2, 0) is 0 Å². The Morgan fingerprint density at radius 3 is 2.50 bits per heavy atom. The highest BCUT2D eigenvalue weighted by Crippen LogP contribution is 2.25. The van der Waals surface area contributed by atoms with Gasteiger partial charge in [-0.2, -0.15) is 0 Å². The molecule has 2 N–H and O–H groups in total. The molecule has 0 spiro atoms. The Kier molecular flexibility index (Phi) is 4.07. The maximum atomic E-state index is 13.0. The quantitative estimate of drug-likeness (QED) is 0.837. The van der Waals surface area contributed by atoms with Gasteiger partial charge >= 0.3 is 0 Å². The third-order valence-electron chi connectivity index (χ3n) is 3.86. The third-order valence-corrected chi connectivity index (χ3v) is 3.86. The molecule has 0 bridgehead atoms. The van der Waals surface area contributed by atoms with Crippen molar-refractivity contribution in [1.29, 1.82) is 0 Å². The number of nitrogens with zero attached hydrogens (tertiary/aromatic N) is 2. The van der Waals surface area contributed by atoms with Gasteiger partial charge in [-0.05, 0) is 31.5 Å². The second-order valence-corrected chi connectivity index (χ2v) is 4.98. The van der Waals surface area contributed by atoms with Crippen molar-refractivity contribution in [3.05, 3.63) is 24.0 Å². The average molecular weight is 251 g/mol. The topological polar surface area (TPSA) is 32.5 Å². The highest BCUT2D eigenvalue weighted by molar-refractivity contribution is 5.67. The third kappa shape index (κ3) is 2.75. The molecule has 3 nitrogen and oxygen atoms in total. The summed E-state index contributed by atoms with van der Waals surface area (Å²) in [7, 11) is 0. The minimum atomic E-state index is -0.269. The molecule has 0 aromatic heterocycles. The minimum absolute atomic E-state index is 0.269. The molecule has 0 saturated carbocycles. The zero-order valence-electron chi connectivity index (χ0n) is 11.2. The van der Waals surface area contributed by atoms with E-state index in [0.717, 1.165) is 31.9 Å². The van der Waals surface area contributed by atoms with Gasteiger partial charge in [0, 0.05) is 32.2 Å². The molecule has 4 heteroatoms. The van der Waals surface area contributed by atoms with Crippen LogP contribution in [0.5, 0.6) is 0 Å². The smallest absolute Gasteiger partial charge is 0.125 e. The molecule has 0 amide bonds. The Labute approximate surface area is 108 Å². The van der Waals surface area contributed by atoms with Crippen molar-refractivity contribution < 1.29 is 4.39 Å². The molecule has 1 unspecified atom stereocenters. The Hall–Kier alpha value is -1.29. The van der Waals surface area contributed by atoms with Crippen molar-refractivity contribution in [2.24, 2.45) is 0 Å². The van der Waals surface area contributed by atoms with E-state index in [1.807, 2.05) is 0 Å². The molecule has 1 heterocycles. The van der Waals surface area contributed by atoms with Crippen LogP contribution in [0.15, 0.2) is 18.2 Å². The summed E-state index contributed by atoms with van der Waals surface area (Å²) in [5, 5.41) is 0. The van der Waals surface area contributed by atoms with Crippen LogP contribution in [0.25, 0.3) is 0 Å². The number of nitrogens with two attached hydrogens (primary N) is 1. The summed E-state index contributed by atoms with van der Waals surface area (Å²) in [4.78, 5) is 4.74. The van der Waals surface area contributed by atoms with E-state index in [2.05, 4.69) is 23.6 Å². The zero-order chi connectivity index (χ0) is 13.1. The maximum absolute atomic E-state index is 13.0. The van der Waals surface area contributed by atoms with Gasteiger partial charge in [0.15, 0.2) is 0 Å². The van der Waals surface area contributed by atoms with Crippen LogP contribution in [-0.4, -0.2) is 37.1 Å². The van der Waals surface area contributed by atoms with E-state index in [-0.39, 0.29) is 5.82 Å². The Morgan fingerprint density at radius 2 is 1.94 bits per heavy atom. The average Bonchev–Trinajstić information content (AvgIpc) is 2.38. The van der Waals surface area contributed by atoms with E-state index >= 15 is 0 Å². The fourth-order valence-corrected chi connectivity index (χ4v) is 2.48. The van der Waals surface area contributed by atoms with Gasteiger partial charge in [0.2, 0.25) is 0 Å². The first-order valence-corrected chi connectivity index (χ1v) is 6.66. The van der Waals surface area contributed by atoms with Crippen LogP contribution in [0.2, 0.25) is 0 Å². The molecule has 1 atom stereocenters. The first-order chi connectivity index (χ1) is 8.61. The van der Waals surface area contributed by atoms with Crippen molar-refractivity contribution in [2.75, 3.05) is 36.8 Å². The van der Waals surface area contributed by atoms with Crippen molar-refractivity contribution >= 4 is 11.4 Å². The van der Waals surface area contributed by atoms with Gasteiger partial charge in [-0.3, -0.25) is 4.90 Å². The van der Waals surface area contributed by atoms with Crippen LogP contribution in [0.3, 0.4) is 0 Å². The molecule has 1 aliphatic heterocycles. The normalized spacial score (nSPS) is 18.9. The lowest BCUT2D eigenvalue weighted by atomic mass is 10.1. The summed E-state index contributed by atoms with van der Waals surface area (Å²) >= 11 is 0. The van der Waals surface area contributed by atoms with Crippen LogP contribution < -0.4 is 10.6 Å². The van der Waals surface area contributed by atoms with E-state index in [1.54, 1.807) is 6.07 Å². The summed E-state index contributed by atoms with van der Waals surface area (Å²) in [6, 6.07) is 5.30. The minimum Gasteiger partial charge on any atom is -0.397 e. The van der Waals surface area contributed by atoms with Crippen molar-refractivity contribution in [1.82, 2.24) is 4.90 Å². The Bertz CT molecular complexity index is 400. The van der Waals surface area contributed by atoms with E-state index in [4.69, 9.17) is 5.73 Å². The lowest BCUT2D eigenvalue weighted by Crippen LogP contribution is -2.49. The van der Waals surface area contributed by atoms with Crippen LogP contribution in [0, 0.1) is 5.82 Å². The van der Waals surface area contributed by atoms with Crippen LogP contribution in [0.4, 0.5) is 15.8 Å². The fourth-order valence-electron chi connectivity index (χ4n) is 2.48. The largest absolute Gasteiger partial charge is 0.397 e. The number of halogens is 1. The number of anilines is 2. The molecule has 1 aromatic rings. The lowest BCUT2D eigenvalue weighted by molar-refractivity contribution is 0.193. The Morgan fingerprint density at radius 1 is 1.28 bits per heavy atom. The summed E-state index contributed by atoms with van der Waals surface area (Å²) in [5.74, 6) is -0.269. The summed E-state index contributed by atoms with van der Waals surface area (Å²) in [6.07, 6.45) is 1.18. The van der Waals surface area contributed by atoms with Gasteiger partial charge in [0.05, 0.1) is 11.4 Å². The summed E-state index contributed by atoms with van der Waals surface area (Å²) < 4.78 is 13.0. The van der Waals surface area contributed by atoms with Crippen molar-refractivity contribution in [2.45, 2.75) is 26.3 Å². The highest BCUT2D eigenvalue weighted by atomic mass is 19.1. The number of rotatable bonds is 3. The van der Waals surface area contributed by atoms with E-state index < -0.39 is 0 Å². The van der Waals surface area contributed by atoms with Gasteiger partial charge < -0.3 is 10.6 Å². The first-order valence-electron chi connectivity index (χ1n) is 6.66. The number of nitrogen functional groups attached to an aromatic ring is 1. The van der Waals surface area contributed by atoms with Gasteiger partial charge in [0.1, 0.15) is 5.82 Å². The summed E-state index contributed by atoms with van der Waals surface area (Å²) in [6.45, 7) is 8.49. The molecule has 18 heavy (non-hydrogen) atoms. The molecule has 2 rings (SSSR count). The second-order valence-electron chi connectivity index (χ2n) is 4.98. The predicted molar refractivity (Wildman–Crippen MR) is 74.4 cm³/mol. The van der Waals surface area contributed by atoms with Crippen LogP contribution in [0.1, 0.15) is 20.3 Å². The van der Waals surface area contributed by atoms with Crippen LogP contribution >= 0.6 is 0 Å².